The minimum atomic E-state index is -0.250. The molecule has 0 atom stereocenters. The number of nitrogens with one attached hydrogen (secondary N) is 1. The summed E-state index contributed by atoms with van der Waals surface area (Å²) in [4.78, 5) is 22.6. The lowest BCUT2D eigenvalue weighted by molar-refractivity contribution is 0.103. The second kappa shape index (κ2) is 5.58. The third kappa shape index (κ3) is 2.60. The van der Waals surface area contributed by atoms with Crippen LogP contribution in [0.25, 0.3) is 10.2 Å². The van der Waals surface area contributed by atoms with Gasteiger partial charge in [-0.3, -0.25) is 4.79 Å². The number of aromatic nitrogens is 2. The highest BCUT2D eigenvalue weighted by Crippen LogP contribution is 2.36. The molecule has 23 heavy (non-hydrogen) atoms. The third-order valence-corrected chi connectivity index (χ3v) is 5.51. The van der Waals surface area contributed by atoms with Crippen LogP contribution in [0.2, 0.25) is 0 Å². The molecule has 0 fully saturated rings. The number of halogens is 1. The molecule has 3 aromatic rings. The Morgan fingerprint density at radius 1 is 1.35 bits per heavy atom. The minimum Gasteiger partial charge on any atom is -0.397 e. The number of nitrogen functional groups attached to an aromatic ring is 1. The van der Waals surface area contributed by atoms with E-state index in [-0.39, 0.29) is 5.91 Å². The summed E-state index contributed by atoms with van der Waals surface area (Å²) in [6.45, 7) is 0. The number of carbonyl (C=O) groups is 1. The molecule has 1 aliphatic carbocycles. The molecule has 3 aromatic heterocycles. The summed E-state index contributed by atoms with van der Waals surface area (Å²) in [5.74, 6) is 0.242. The monoisotopic (exact) mass is 388 g/mol. The normalized spacial score (nSPS) is 13.3. The number of anilines is 2. The van der Waals surface area contributed by atoms with Crippen molar-refractivity contribution in [2.45, 2.75) is 19.3 Å². The number of fused-ring (bicyclic) bond motifs is 2. The van der Waals surface area contributed by atoms with Crippen molar-refractivity contribution in [3.8, 4) is 0 Å². The summed E-state index contributed by atoms with van der Waals surface area (Å²) in [5, 5.41) is 3.66. The second-order valence-corrected chi connectivity index (χ2v) is 7.38. The Labute approximate surface area is 145 Å². The Morgan fingerprint density at radius 3 is 3.00 bits per heavy atom. The molecule has 0 unspecified atom stereocenters. The van der Waals surface area contributed by atoms with Gasteiger partial charge in [0.1, 0.15) is 15.5 Å². The predicted octanol–water partition coefficient (Wildman–Crippen LogP) is 3.78. The van der Waals surface area contributed by atoms with E-state index in [4.69, 9.17) is 5.73 Å². The van der Waals surface area contributed by atoms with E-state index >= 15 is 0 Å². The van der Waals surface area contributed by atoms with Gasteiger partial charge in [-0.1, -0.05) is 0 Å². The largest absolute Gasteiger partial charge is 0.397 e. The van der Waals surface area contributed by atoms with Crippen molar-refractivity contribution in [2.24, 2.45) is 0 Å². The maximum absolute atomic E-state index is 12.5. The van der Waals surface area contributed by atoms with E-state index in [9.17, 15) is 4.79 Å². The second-order valence-electron chi connectivity index (χ2n) is 5.46. The fourth-order valence-corrected chi connectivity index (χ4v) is 4.02. The summed E-state index contributed by atoms with van der Waals surface area (Å²) < 4.78 is 0.857. The number of carbonyl (C=O) groups excluding carboxylic acids is 1. The van der Waals surface area contributed by atoms with Gasteiger partial charge in [-0.2, -0.15) is 0 Å². The third-order valence-electron chi connectivity index (χ3n) is 3.92. The zero-order valence-corrected chi connectivity index (χ0v) is 14.5. The summed E-state index contributed by atoms with van der Waals surface area (Å²) in [7, 11) is 0. The van der Waals surface area contributed by atoms with Crippen molar-refractivity contribution in [3.63, 3.8) is 0 Å². The molecule has 0 spiro atoms. The first kappa shape index (κ1) is 14.6. The van der Waals surface area contributed by atoms with E-state index < -0.39 is 0 Å². The molecular weight excluding hydrogens is 376 g/mol. The van der Waals surface area contributed by atoms with E-state index in [1.807, 2.05) is 6.07 Å². The average Bonchev–Trinajstić information content (AvgIpc) is 3.12. The van der Waals surface area contributed by atoms with Crippen LogP contribution in [0, 0.1) is 0 Å². The van der Waals surface area contributed by atoms with Crippen molar-refractivity contribution < 1.29 is 4.79 Å². The van der Waals surface area contributed by atoms with Crippen LogP contribution in [0.1, 0.15) is 27.3 Å². The average molecular weight is 389 g/mol. The molecule has 3 N–H and O–H groups in total. The topological polar surface area (TPSA) is 80.9 Å². The highest BCUT2D eigenvalue weighted by Gasteiger charge is 2.21. The van der Waals surface area contributed by atoms with Gasteiger partial charge in [0.15, 0.2) is 0 Å². The molecule has 0 radical (unpaired) electrons. The predicted molar refractivity (Wildman–Crippen MR) is 95.9 cm³/mol. The first-order valence-corrected chi connectivity index (χ1v) is 8.86. The number of nitrogens with two attached hydrogens (primary N) is 1. The highest BCUT2D eigenvalue weighted by atomic mass is 79.9. The lowest BCUT2D eigenvalue weighted by Crippen LogP contribution is -2.12. The molecule has 0 bridgehead atoms. The number of thiophene rings is 1. The minimum absolute atomic E-state index is 0.250. The van der Waals surface area contributed by atoms with E-state index in [1.54, 1.807) is 12.3 Å². The molecule has 116 valence electrons. The molecular formula is C16H13BrN4OS. The Hall–Kier alpha value is -1.99. The van der Waals surface area contributed by atoms with Crippen molar-refractivity contribution in [1.29, 1.82) is 0 Å². The number of hydrogen-bond acceptors (Lipinski definition) is 5. The van der Waals surface area contributed by atoms with E-state index in [1.165, 1.54) is 16.9 Å². The summed E-state index contributed by atoms with van der Waals surface area (Å²) >= 11 is 4.65. The van der Waals surface area contributed by atoms with Gasteiger partial charge in [0.05, 0.1) is 5.69 Å². The van der Waals surface area contributed by atoms with Crippen LogP contribution in [0.4, 0.5) is 11.5 Å². The van der Waals surface area contributed by atoms with Crippen LogP contribution in [0.5, 0.6) is 0 Å². The first-order chi connectivity index (χ1) is 11.1. The fraction of sp³-hybridized carbons (Fsp3) is 0.188. The van der Waals surface area contributed by atoms with Gasteiger partial charge >= 0.3 is 0 Å². The fourth-order valence-electron chi connectivity index (χ4n) is 2.79. The summed E-state index contributed by atoms with van der Waals surface area (Å²) in [5.41, 5.74) is 9.09. The summed E-state index contributed by atoms with van der Waals surface area (Å²) in [6.07, 6.45) is 4.82. The van der Waals surface area contributed by atoms with Gasteiger partial charge in [-0.25, -0.2) is 9.97 Å². The van der Waals surface area contributed by atoms with E-state index in [2.05, 4.69) is 37.3 Å². The lowest BCUT2D eigenvalue weighted by Gasteiger charge is -2.03. The first-order valence-electron chi connectivity index (χ1n) is 7.25. The van der Waals surface area contributed by atoms with Crippen molar-refractivity contribution in [3.05, 3.63) is 45.0 Å². The Kier molecular flexibility index (Phi) is 3.54. The van der Waals surface area contributed by atoms with Crippen LogP contribution in [-0.2, 0) is 12.8 Å². The Morgan fingerprint density at radius 2 is 2.22 bits per heavy atom. The van der Waals surface area contributed by atoms with Gasteiger partial charge in [0.2, 0.25) is 0 Å². The zero-order chi connectivity index (χ0) is 16.0. The van der Waals surface area contributed by atoms with E-state index in [0.29, 0.717) is 16.4 Å². The van der Waals surface area contributed by atoms with Crippen molar-refractivity contribution in [2.75, 3.05) is 11.1 Å². The van der Waals surface area contributed by atoms with Crippen LogP contribution in [0.15, 0.2) is 28.9 Å². The standard InChI is InChI=1S/C16H13BrN4OS/c17-9-4-5-12(19-7-9)21-15(22)14-13(18)10-6-8-2-1-3-11(8)20-16(10)23-14/h4-7H,1-3,18H2,(H,19,21,22). The smallest absolute Gasteiger partial charge is 0.269 e. The molecule has 3 heterocycles. The molecule has 4 rings (SSSR count). The summed E-state index contributed by atoms with van der Waals surface area (Å²) in [6, 6.07) is 5.65. The molecule has 1 aliphatic rings. The molecule has 5 nitrogen and oxygen atoms in total. The number of nitrogens with zero attached hydrogens (tertiary/aromatic N) is 2. The quantitative estimate of drug-likeness (QED) is 0.699. The van der Waals surface area contributed by atoms with Gasteiger partial charge < -0.3 is 11.1 Å². The number of aryl methyl sites for hydroxylation is 2. The zero-order valence-electron chi connectivity index (χ0n) is 12.1. The number of hydrogen-bond donors (Lipinski definition) is 2. The SMILES string of the molecule is Nc1c(C(=O)Nc2ccc(Br)cn2)sc2nc3c(cc12)CCC3. The van der Waals surface area contributed by atoms with Gasteiger partial charge in [0, 0.05) is 21.7 Å². The Balaban J connectivity index is 1.69. The molecule has 0 saturated carbocycles. The maximum atomic E-state index is 12.5. The van der Waals surface area contributed by atoms with Crippen LogP contribution in [-0.4, -0.2) is 15.9 Å². The molecule has 0 aromatic carbocycles. The highest BCUT2D eigenvalue weighted by molar-refractivity contribution is 9.10. The maximum Gasteiger partial charge on any atom is 0.269 e. The van der Waals surface area contributed by atoms with Crippen LogP contribution in [0.3, 0.4) is 0 Å². The van der Waals surface area contributed by atoms with Crippen LogP contribution < -0.4 is 11.1 Å². The van der Waals surface area contributed by atoms with Crippen LogP contribution >= 0.6 is 27.3 Å². The van der Waals surface area contributed by atoms with Crippen molar-refractivity contribution >= 4 is 54.9 Å². The Bertz CT molecular complexity index is 920. The molecule has 1 amide bonds. The molecule has 7 heteroatoms. The van der Waals surface area contributed by atoms with E-state index in [0.717, 1.165) is 39.6 Å². The molecule has 0 saturated heterocycles. The number of amides is 1. The number of rotatable bonds is 2. The number of pyridine rings is 2. The van der Waals surface area contributed by atoms with Gasteiger partial charge in [0.25, 0.3) is 5.91 Å². The van der Waals surface area contributed by atoms with Gasteiger partial charge in [-0.15, -0.1) is 11.3 Å². The molecule has 0 aliphatic heterocycles. The van der Waals surface area contributed by atoms with Gasteiger partial charge in [-0.05, 0) is 59.0 Å². The lowest BCUT2D eigenvalue weighted by atomic mass is 10.1. The van der Waals surface area contributed by atoms with Crippen molar-refractivity contribution in [1.82, 2.24) is 9.97 Å².